The van der Waals surface area contributed by atoms with Crippen LogP contribution in [-0.4, -0.2) is 25.7 Å². The molecule has 0 aromatic rings. The molecular formula is C9H15NO2. The second-order valence-electron chi connectivity index (χ2n) is 3.66. The van der Waals surface area contributed by atoms with E-state index in [0.717, 1.165) is 24.9 Å². The second-order valence-corrected chi connectivity index (χ2v) is 3.66. The Hall–Kier alpha value is -0.570. The van der Waals surface area contributed by atoms with Crippen LogP contribution in [0.25, 0.3) is 0 Å². The first kappa shape index (κ1) is 8.05. The zero-order chi connectivity index (χ0) is 8.55. The molecule has 68 valence electrons. The summed E-state index contributed by atoms with van der Waals surface area (Å²) in [4.78, 5) is 11.1. The van der Waals surface area contributed by atoms with Crippen LogP contribution in [0.4, 0.5) is 0 Å². The molecule has 3 heteroatoms. The van der Waals surface area contributed by atoms with E-state index in [4.69, 9.17) is 4.74 Å². The Morgan fingerprint density at radius 1 is 1.50 bits per heavy atom. The van der Waals surface area contributed by atoms with Gasteiger partial charge >= 0.3 is 5.97 Å². The molecule has 1 saturated heterocycles. The number of carbonyl (C=O) groups excluding carboxylic acids is 1. The van der Waals surface area contributed by atoms with Crippen LogP contribution in [0.15, 0.2) is 0 Å². The maximum absolute atomic E-state index is 11.1. The minimum atomic E-state index is -0.0168. The predicted octanol–water partition coefficient (Wildman–Crippen LogP) is 0.405. The molecule has 0 bridgehead atoms. The summed E-state index contributed by atoms with van der Waals surface area (Å²) < 4.78 is 4.90. The highest BCUT2D eigenvalue weighted by Crippen LogP contribution is 2.50. The van der Waals surface area contributed by atoms with Gasteiger partial charge in [-0.05, 0) is 37.8 Å². The van der Waals surface area contributed by atoms with Gasteiger partial charge in [0.1, 0.15) is 0 Å². The number of esters is 1. The molecule has 1 heterocycles. The smallest absolute Gasteiger partial charge is 0.306 e. The average Bonchev–Trinajstić information content (AvgIpc) is 2.51. The third-order valence-corrected chi connectivity index (χ3v) is 2.98. The minimum absolute atomic E-state index is 0.0168. The van der Waals surface area contributed by atoms with Gasteiger partial charge in [0.25, 0.3) is 0 Å². The van der Waals surface area contributed by atoms with Gasteiger partial charge in [-0.2, -0.15) is 0 Å². The Morgan fingerprint density at radius 2 is 2.17 bits per heavy atom. The first-order chi connectivity index (χ1) is 5.83. The van der Waals surface area contributed by atoms with Crippen molar-refractivity contribution in [2.45, 2.75) is 13.3 Å². The number of carbonyl (C=O) groups is 1. The molecule has 0 spiro atoms. The summed E-state index contributed by atoms with van der Waals surface area (Å²) >= 11 is 0. The summed E-state index contributed by atoms with van der Waals surface area (Å²) in [7, 11) is 0. The highest BCUT2D eigenvalue weighted by Gasteiger charge is 2.53. The van der Waals surface area contributed by atoms with Crippen molar-refractivity contribution in [3.63, 3.8) is 0 Å². The predicted molar refractivity (Wildman–Crippen MR) is 44.6 cm³/mol. The molecule has 2 rings (SSSR count). The Bertz CT molecular complexity index is 183. The molecular weight excluding hydrogens is 154 g/mol. The van der Waals surface area contributed by atoms with Crippen LogP contribution in [0.1, 0.15) is 13.3 Å². The van der Waals surface area contributed by atoms with Crippen LogP contribution in [0.2, 0.25) is 0 Å². The van der Waals surface area contributed by atoms with Gasteiger partial charge in [0.2, 0.25) is 0 Å². The van der Waals surface area contributed by atoms with Crippen LogP contribution in [0.3, 0.4) is 0 Å². The van der Waals surface area contributed by atoms with E-state index < -0.39 is 0 Å². The van der Waals surface area contributed by atoms with Crippen molar-refractivity contribution in [3.05, 3.63) is 0 Å². The molecule has 0 amide bonds. The van der Waals surface area contributed by atoms with Crippen molar-refractivity contribution >= 4 is 5.97 Å². The van der Waals surface area contributed by atoms with Gasteiger partial charge in [0.05, 0.1) is 6.61 Å². The van der Waals surface area contributed by atoms with E-state index >= 15 is 0 Å². The molecule has 0 aromatic heterocycles. The summed E-state index contributed by atoms with van der Waals surface area (Å²) in [5.74, 6) is 2.16. The number of ether oxygens (including phenoxy) is 1. The van der Waals surface area contributed by atoms with Crippen molar-refractivity contribution < 1.29 is 9.53 Å². The third-order valence-electron chi connectivity index (χ3n) is 2.98. The van der Waals surface area contributed by atoms with Crippen LogP contribution in [-0.2, 0) is 9.53 Å². The normalized spacial score (nSPS) is 37.6. The summed E-state index contributed by atoms with van der Waals surface area (Å²) in [5, 5.41) is 3.30. The lowest BCUT2D eigenvalue weighted by atomic mass is 10.2. The SMILES string of the molecule is CCOC(=O)CC1C2CNC[C@H]21. The topological polar surface area (TPSA) is 38.3 Å². The van der Waals surface area contributed by atoms with Crippen LogP contribution in [0.5, 0.6) is 0 Å². The number of piperidine rings is 1. The number of rotatable bonds is 3. The molecule has 3 atom stereocenters. The van der Waals surface area contributed by atoms with E-state index in [0.29, 0.717) is 18.9 Å². The van der Waals surface area contributed by atoms with E-state index in [9.17, 15) is 4.79 Å². The largest absolute Gasteiger partial charge is 0.466 e. The molecule has 12 heavy (non-hydrogen) atoms. The van der Waals surface area contributed by atoms with Crippen molar-refractivity contribution in [1.82, 2.24) is 5.32 Å². The van der Waals surface area contributed by atoms with E-state index in [1.807, 2.05) is 6.92 Å². The average molecular weight is 169 g/mol. The summed E-state index contributed by atoms with van der Waals surface area (Å²) in [6.45, 7) is 4.58. The fraction of sp³-hybridized carbons (Fsp3) is 0.889. The van der Waals surface area contributed by atoms with E-state index in [2.05, 4.69) is 5.32 Å². The van der Waals surface area contributed by atoms with Gasteiger partial charge in [-0.15, -0.1) is 0 Å². The number of fused-ring (bicyclic) bond motifs is 1. The van der Waals surface area contributed by atoms with Crippen LogP contribution in [0, 0.1) is 17.8 Å². The molecule has 1 aliphatic heterocycles. The van der Waals surface area contributed by atoms with Gasteiger partial charge < -0.3 is 10.1 Å². The van der Waals surface area contributed by atoms with Crippen molar-refractivity contribution in [2.24, 2.45) is 17.8 Å². The van der Waals surface area contributed by atoms with Gasteiger partial charge in [-0.3, -0.25) is 4.79 Å². The molecule has 2 unspecified atom stereocenters. The lowest BCUT2D eigenvalue weighted by molar-refractivity contribution is -0.143. The third kappa shape index (κ3) is 1.33. The molecule has 1 saturated carbocycles. The van der Waals surface area contributed by atoms with E-state index in [-0.39, 0.29) is 5.97 Å². The minimum Gasteiger partial charge on any atom is -0.466 e. The highest BCUT2D eigenvalue weighted by atomic mass is 16.5. The van der Waals surface area contributed by atoms with Gasteiger partial charge in [-0.25, -0.2) is 0 Å². The molecule has 0 aromatic carbocycles. The van der Waals surface area contributed by atoms with Gasteiger partial charge in [0.15, 0.2) is 0 Å². The summed E-state index contributed by atoms with van der Waals surface area (Å²) in [5.41, 5.74) is 0. The van der Waals surface area contributed by atoms with Crippen molar-refractivity contribution in [2.75, 3.05) is 19.7 Å². The van der Waals surface area contributed by atoms with Crippen molar-refractivity contribution in [1.29, 1.82) is 0 Å². The molecule has 2 aliphatic rings. The molecule has 1 N–H and O–H groups in total. The lowest BCUT2D eigenvalue weighted by Crippen LogP contribution is -2.16. The van der Waals surface area contributed by atoms with E-state index in [1.165, 1.54) is 0 Å². The summed E-state index contributed by atoms with van der Waals surface area (Å²) in [6.07, 6.45) is 0.644. The van der Waals surface area contributed by atoms with Crippen LogP contribution >= 0.6 is 0 Å². The highest BCUT2D eigenvalue weighted by molar-refractivity contribution is 5.70. The fourth-order valence-electron chi connectivity index (χ4n) is 2.26. The molecule has 3 nitrogen and oxygen atoms in total. The van der Waals surface area contributed by atoms with Crippen molar-refractivity contribution in [3.8, 4) is 0 Å². The Kier molecular flexibility index (Phi) is 2.05. The monoisotopic (exact) mass is 169 g/mol. The van der Waals surface area contributed by atoms with E-state index in [1.54, 1.807) is 0 Å². The fourth-order valence-corrected chi connectivity index (χ4v) is 2.26. The zero-order valence-corrected chi connectivity index (χ0v) is 7.38. The Labute approximate surface area is 72.5 Å². The first-order valence-electron chi connectivity index (χ1n) is 4.69. The van der Waals surface area contributed by atoms with Gasteiger partial charge in [-0.1, -0.05) is 0 Å². The molecule has 2 fully saturated rings. The van der Waals surface area contributed by atoms with Crippen LogP contribution < -0.4 is 5.32 Å². The second kappa shape index (κ2) is 3.05. The van der Waals surface area contributed by atoms with Gasteiger partial charge in [0, 0.05) is 6.42 Å². The lowest BCUT2D eigenvalue weighted by Gasteiger charge is -2.03. The first-order valence-corrected chi connectivity index (χ1v) is 4.69. The zero-order valence-electron chi connectivity index (χ0n) is 7.38. The Balaban J connectivity index is 1.72. The molecule has 1 aliphatic carbocycles. The quantitative estimate of drug-likeness (QED) is 0.622. The standard InChI is InChI=1S/C9H15NO2/c1-2-12-9(11)3-6-7-4-10-5-8(6)7/h6-8,10H,2-5H2,1H3/t6?,7-,8?/m0/s1. The number of nitrogens with one attached hydrogen (secondary N) is 1. The molecule has 0 radical (unpaired) electrons. The number of hydrogen-bond donors (Lipinski definition) is 1. The summed E-state index contributed by atoms with van der Waals surface area (Å²) in [6, 6.07) is 0. The Morgan fingerprint density at radius 3 is 2.75 bits per heavy atom. The maximum Gasteiger partial charge on any atom is 0.306 e. The number of hydrogen-bond acceptors (Lipinski definition) is 3. The maximum atomic E-state index is 11.1.